The molecule has 0 saturated carbocycles. The van der Waals surface area contributed by atoms with Crippen molar-refractivity contribution in [2.24, 2.45) is 4.99 Å². The van der Waals surface area contributed by atoms with Crippen LogP contribution in [0.3, 0.4) is 0 Å². The number of carbonyl (C=O) groups excluding carboxylic acids is 1. The second-order valence-corrected chi connectivity index (χ2v) is 8.78. The summed E-state index contributed by atoms with van der Waals surface area (Å²) < 4.78 is 5.88. The molecule has 2 aromatic rings. The van der Waals surface area contributed by atoms with E-state index in [-0.39, 0.29) is 16.5 Å². The number of amides is 1. The maximum Gasteiger partial charge on any atom is 0.292 e. The molecule has 0 atom stereocenters. The van der Waals surface area contributed by atoms with Crippen LogP contribution < -0.4 is 9.64 Å². The molecule has 2 aliphatic heterocycles. The highest BCUT2D eigenvalue weighted by atomic mass is 32.2. The summed E-state index contributed by atoms with van der Waals surface area (Å²) in [5, 5.41) is 12.0. The van der Waals surface area contributed by atoms with Crippen molar-refractivity contribution < 1.29 is 14.5 Å². The van der Waals surface area contributed by atoms with E-state index in [1.165, 1.54) is 17.8 Å². The quantitative estimate of drug-likeness (QED) is 0.256. The van der Waals surface area contributed by atoms with E-state index in [1.54, 1.807) is 12.1 Å². The van der Waals surface area contributed by atoms with Gasteiger partial charge in [0.2, 0.25) is 0 Å². The van der Waals surface area contributed by atoms with Gasteiger partial charge in [0.1, 0.15) is 11.4 Å². The third-order valence-electron chi connectivity index (χ3n) is 5.54. The fourth-order valence-corrected chi connectivity index (χ4v) is 4.71. The van der Waals surface area contributed by atoms with Gasteiger partial charge in [0.05, 0.1) is 16.4 Å². The second-order valence-electron chi connectivity index (χ2n) is 7.77. The molecule has 8 nitrogen and oxygen atoms in total. The average molecular weight is 467 g/mol. The number of nitro groups is 1. The molecule has 0 radical (unpaired) electrons. The Labute approximate surface area is 197 Å². The third-order valence-corrected chi connectivity index (χ3v) is 6.58. The van der Waals surface area contributed by atoms with Gasteiger partial charge in [-0.15, -0.1) is 0 Å². The van der Waals surface area contributed by atoms with Gasteiger partial charge < -0.3 is 14.5 Å². The number of hydrogen-bond acceptors (Lipinski definition) is 7. The minimum Gasteiger partial charge on any atom is -0.493 e. The number of hydrogen-bond donors (Lipinski definition) is 0. The van der Waals surface area contributed by atoms with Gasteiger partial charge in [-0.2, -0.15) is 4.99 Å². The fourth-order valence-electron chi connectivity index (χ4n) is 3.76. The van der Waals surface area contributed by atoms with Crippen molar-refractivity contribution in [3.63, 3.8) is 0 Å². The van der Waals surface area contributed by atoms with Gasteiger partial charge in [0, 0.05) is 37.8 Å². The van der Waals surface area contributed by atoms with Gasteiger partial charge >= 0.3 is 0 Å². The molecule has 2 aliphatic rings. The van der Waals surface area contributed by atoms with Crippen LogP contribution in [-0.2, 0) is 4.79 Å². The van der Waals surface area contributed by atoms with Gasteiger partial charge in [0.15, 0.2) is 5.17 Å². The minimum absolute atomic E-state index is 0.110. The Morgan fingerprint density at radius 2 is 1.79 bits per heavy atom. The summed E-state index contributed by atoms with van der Waals surface area (Å²) in [7, 11) is 0. The molecule has 1 saturated heterocycles. The predicted octanol–water partition coefficient (Wildman–Crippen LogP) is 4.57. The number of anilines is 1. The third kappa shape index (κ3) is 5.36. The molecule has 0 aliphatic carbocycles. The highest BCUT2D eigenvalue weighted by molar-refractivity contribution is 8.18. The number of nitro benzene ring substituents is 1. The van der Waals surface area contributed by atoms with Crippen molar-refractivity contribution in [3.8, 4) is 5.75 Å². The highest BCUT2D eigenvalue weighted by Crippen LogP contribution is 2.34. The van der Waals surface area contributed by atoms with Gasteiger partial charge in [0.25, 0.3) is 11.6 Å². The lowest BCUT2D eigenvalue weighted by atomic mass is 10.2. The summed E-state index contributed by atoms with van der Waals surface area (Å²) in [5.74, 6) is 0.512. The number of para-hydroxylation sites is 3. The summed E-state index contributed by atoms with van der Waals surface area (Å²) in [6, 6.07) is 14.5. The minimum atomic E-state index is -0.349. The van der Waals surface area contributed by atoms with E-state index in [1.807, 2.05) is 41.3 Å². The SMILES string of the molecule is CCCCOc1ccccc1C=C1SC(N2CCN(c3ccccc3[N+](=O)[O-])CC2)=NC1=O. The Kier molecular flexibility index (Phi) is 7.29. The Hall–Kier alpha value is -3.33. The average Bonchev–Trinajstić information content (AvgIpc) is 3.20. The molecule has 1 fully saturated rings. The van der Waals surface area contributed by atoms with Gasteiger partial charge in [-0.3, -0.25) is 14.9 Å². The van der Waals surface area contributed by atoms with Crippen LogP contribution in [0.2, 0.25) is 0 Å². The zero-order valence-electron chi connectivity index (χ0n) is 18.5. The number of amidine groups is 1. The first-order valence-electron chi connectivity index (χ1n) is 11.0. The van der Waals surface area contributed by atoms with Crippen LogP contribution in [0, 0.1) is 10.1 Å². The molecule has 33 heavy (non-hydrogen) atoms. The summed E-state index contributed by atoms with van der Waals surface area (Å²) in [5.41, 5.74) is 1.60. The number of ether oxygens (including phenoxy) is 1. The number of nitrogens with zero attached hydrogens (tertiary/aromatic N) is 4. The standard InChI is InChI=1S/C24H26N4O4S/c1-2-3-16-32-21-11-7-4-8-18(21)17-22-23(29)25-24(33-22)27-14-12-26(13-15-27)19-9-5-6-10-20(19)28(30)31/h4-11,17H,2-3,12-16H2,1H3. The molecular formula is C24H26N4O4S. The van der Waals surface area contributed by atoms with E-state index in [2.05, 4.69) is 16.8 Å². The van der Waals surface area contributed by atoms with Gasteiger partial charge in [-0.25, -0.2) is 0 Å². The number of piperazine rings is 1. The normalized spacial score (nSPS) is 17.4. The lowest BCUT2D eigenvalue weighted by molar-refractivity contribution is -0.384. The van der Waals surface area contributed by atoms with Crippen LogP contribution in [0.15, 0.2) is 58.4 Å². The topological polar surface area (TPSA) is 88.3 Å². The number of aliphatic imine (C=N–C) groups is 1. The summed E-state index contributed by atoms with van der Waals surface area (Å²) in [6.45, 7) is 5.26. The second kappa shape index (κ2) is 10.5. The monoisotopic (exact) mass is 466 g/mol. The molecule has 2 heterocycles. The first-order valence-corrected chi connectivity index (χ1v) is 11.9. The summed E-state index contributed by atoms with van der Waals surface area (Å²) in [6.07, 6.45) is 3.87. The fraction of sp³-hybridized carbons (Fsp3) is 0.333. The van der Waals surface area contributed by atoms with Crippen molar-refractivity contribution in [2.75, 3.05) is 37.7 Å². The van der Waals surface area contributed by atoms with E-state index < -0.39 is 0 Å². The predicted molar refractivity (Wildman–Crippen MR) is 132 cm³/mol. The first kappa shape index (κ1) is 22.8. The lowest BCUT2D eigenvalue weighted by Gasteiger charge is -2.36. The Morgan fingerprint density at radius 1 is 1.09 bits per heavy atom. The Balaban J connectivity index is 1.41. The first-order chi connectivity index (χ1) is 16.1. The smallest absolute Gasteiger partial charge is 0.292 e. The van der Waals surface area contributed by atoms with E-state index in [4.69, 9.17) is 4.74 Å². The van der Waals surface area contributed by atoms with Crippen LogP contribution in [0.4, 0.5) is 11.4 Å². The van der Waals surface area contributed by atoms with Crippen molar-refractivity contribution in [2.45, 2.75) is 19.8 Å². The van der Waals surface area contributed by atoms with Crippen molar-refractivity contribution >= 4 is 40.3 Å². The summed E-state index contributed by atoms with van der Waals surface area (Å²) >= 11 is 1.37. The van der Waals surface area contributed by atoms with Gasteiger partial charge in [-0.1, -0.05) is 43.7 Å². The van der Waals surface area contributed by atoms with E-state index in [0.717, 1.165) is 24.2 Å². The molecular weight excluding hydrogens is 440 g/mol. The van der Waals surface area contributed by atoms with Crippen LogP contribution in [0.5, 0.6) is 5.75 Å². The lowest BCUT2D eigenvalue weighted by Crippen LogP contribution is -2.48. The zero-order valence-corrected chi connectivity index (χ0v) is 19.3. The molecule has 0 N–H and O–H groups in total. The summed E-state index contributed by atoms with van der Waals surface area (Å²) in [4.78, 5) is 32.5. The van der Waals surface area contributed by atoms with Gasteiger partial charge in [-0.05, 0) is 36.4 Å². The molecule has 1 amide bonds. The number of rotatable bonds is 7. The molecule has 4 rings (SSSR count). The molecule has 2 aromatic carbocycles. The largest absolute Gasteiger partial charge is 0.493 e. The molecule has 0 unspecified atom stereocenters. The van der Waals surface area contributed by atoms with Crippen molar-refractivity contribution in [3.05, 3.63) is 69.1 Å². The number of thioether (sulfide) groups is 1. The van der Waals surface area contributed by atoms with Crippen LogP contribution in [0.1, 0.15) is 25.3 Å². The van der Waals surface area contributed by atoms with Crippen LogP contribution in [0.25, 0.3) is 6.08 Å². The maximum absolute atomic E-state index is 12.6. The van der Waals surface area contributed by atoms with Crippen molar-refractivity contribution in [1.82, 2.24) is 4.90 Å². The Bertz CT molecular complexity index is 1090. The number of unbranched alkanes of at least 4 members (excludes halogenated alkanes) is 1. The molecule has 0 spiro atoms. The molecule has 0 aromatic heterocycles. The molecule has 0 bridgehead atoms. The van der Waals surface area contributed by atoms with E-state index >= 15 is 0 Å². The van der Waals surface area contributed by atoms with Crippen LogP contribution >= 0.6 is 11.8 Å². The zero-order chi connectivity index (χ0) is 23.2. The maximum atomic E-state index is 12.6. The molecule has 172 valence electrons. The van der Waals surface area contributed by atoms with Crippen molar-refractivity contribution in [1.29, 1.82) is 0 Å². The van der Waals surface area contributed by atoms with E-state index in [0.29, 0.717) is 48.5 Å². The Morgan fingerprint density at radius 3 is 2.55 bits per heavy atom. The highest BCUT2D eigenvalue weighted by Gasteiger charge is 2.30. The van der Waals surface area contributed by atoms with Crippen LogP contribution in [-0.4, -0.2) is 53.7 Å². The number of benzene rings is 2. The van der Waals surface area contributed by atoms with E-state index in [9.17, 15) is 14.9 Å². The number of carbonyl (C=O) groups is 1. The molecule has 9 heteroatoms.